The summed E-state index contributed by atoms with van der Waals surface area (Å²) in [6, 6.07) is 8.02. The Kier molecular flexibility index (Phi) is 4.42. The molecule has 0 bridgehead atoms. The molecule has 1 saturated heterocycles. The van der Waals surface area contributed by atoms with E-state index in [-0.39, 0.29) is 5.56 Å². The average molecular weight is 402 g/mol. The fraction of sp³-hybridized carbons (Fsp3) is 0.400. The minimum atomic E-state index is 0.0449. The first kappa shape index (κ1) is 17.2. The van der Waals surface area contributed by atoms with Crippen LogP contribution >= 0.6 is 22.9 Å². The second kappa shape index (κ2) is 6.93. The molecule has 0 atom stereocenters. The highest BCUT2D eigenvalue weighted by Gasteiger charge is 2.24. The SMILES string of the molecule is O=c1[nH]c(C[NH+]2CCN(c3ccccc3Cl)CC2)nc2sc3c(c12)CCC3. The van der Waals surface area contributed by atoms with Gasteiger partial charge in [0.25, 0.3) is 5.56 Å². The van der Waals surface area contributed by atoms with Crippen LogP contribution in [0.4, 0.5) is 5.69 Å². The van der Waals surface area contributed by atoms with Crippen LogP contribution in [0.1, 0.15) is 22.7 Å². The average Bonchev–Trinajstić information content (AvgIpc) is 3.23. The third-order valence-corrected chi connectivity index (χ3v) is 7.21. The van der Waals surface area contributed by atoms with Gasteiger partial charge in [0.15, 0.2) is 5.82 Å². The van der Waals surface area contributed by atoms with Crippen molar-refractivity contribution < 1.29 is 4.90 Å². The molecule has 5 nitrogen and oxygen atoms in total. The van der Waals surface area contributed by atoms with Gasteiger partial charge in [-0.15, -0.1) is 11.3 Å². The molecule has 0 unspecified atom stereocenters. The van der Waals surface area contributed by atoms with Gasteiger partial charge in [0, 0.05) is 4.88 Å². The molecule has 0 spiro atoms. The standard InChI is InChI=1S/C20H21ClN4OS/c21-14-5-1-2-6-15(14)25-10-8-24(9-11-25)12-17-22-19(26)18-13-4-3-7-16(13)27-20(18)23-17/h1-2,5-6H,3-4,7-12H2,(H,22,23,26)/p+1. The first-order valence-corrected chi connectivity index (χ1v) is 10.7. The van der Waals surface area contributed by atoms with Crippen LogP contribution in [-0.4, -0.2) is 36.1 Å². The Morgan fingerprint density at radius 3 is 2.85 bits per heavy atom. The highest BCUT2D eigenvalue weighted by molar-refractivity contribution is 7.18. The molecule has 140 valence electrons. The predicted molar refractivity (Wildman–Crippen MR) is 110 cm³/mol. The fourth-order valence-electron chi connectivity index (χ4n) is 4.32. The van der Waals surface area contributed by atoms with Crippen LogP contribution in [0.25, 0.3) is 10.2 Å². The molecule has 1 fully saturated rings. The quantitative estimate of drug-likeness (QED) is 0.706. The Labute approximate surface area is 166 Å². The van der Waals surface area contributed by atoms with E-state index in [1.807, 2.05) is 18.2 Å². The van der Waals surface area contributed by atoms with E-state index in [0.717, 1.165) is 78.7 Å². The van der Waals surface area contributed by atoms with Gasteiger partial charge in [0.1, 0.15) is 11.4 Å². The number of fused-ring (bicyclic) bond motifs is 3. The van der Waals surface area contributed by atoms with Gasteiger partial charge >= 0.3 is 0 Å². The van der Waals surface area contributed by atoms with Gasteiger partial charge in [0.05, 0.1) is 42.3 Å². The Balaban J connectivity index is 1.31. The third kappa shape index (κ3) is 3.16. The molecule has 2 aromatic heterocycles. The fourth-order valence-corrected chi connectivity index (χ4v) is 5.85. The third-order valence-electron chi connectivity index (χ3n) is 5.71. The van der Waals surface area contributed by atoms with Crippen LogP contribution in [0.5, 0.6) is 0 Å². The number of hydrogen-bond acceptors (Lipinski definition) is 4. The van der Waals surface area contributed by atoms with E-state index in [0.29, 0.717) is 0 Å². The van der Waals surface area contributed by atoms with Gasteiger partial charge < -0.3 is 14.8 Å². The van der Waals surface area contributed by atoms with E-state index in [4.69, 9.17) is 16.6 Å². The zero-order valence-corrected chi connectivity index (χ0v) is 16.6. The molecular formula is C20H22ClN4OS+. The van der Waals surface area contributed by atoms with E-state index < -0.39 is 0 Å². The van der Waals surface area contributed by atoms with Crippen LogP contribution in [0, 0.1) is 0 Å². The van der Waals surface area contributed by atoms with Crippen molar-refractivity contribution in [2.75, 3.05) is 31.1 Å². The summed E-state index contributed by atoms with van der Waals surface area (Å²) in [5.41, 5.74) is 2.40. The number of aryl methyl sites for hydroxylation is 2. The van der Waals surface area contributed by atoms with Crippen molar-refractivity contribution in [1.82, 2.24) is 9.97 Å². The summed E-state index contributed by atoms with van der Waals surface area (Å²) in [6.45, 7) is 4.70. The van der Waals surface area contributed by atoms with Gasteiger partial charge in [-0.05, 0) is 37.0 Å². The number of rotatable bonds is 3. The number of nitrogens with zero attached hydrogens (tertiary/aromatic N) is 2. The molecule has 5 rings (SSSR count). The number of benzene rings is 1. The van der Waals surface area contributed by atoms with Crippen LogP contribution in [0.3, 0.4) is 0 Å². The topological polar surface area (TPSA) is 53.4 Å². The Bertz CT molecular complexity index is 1050. The molecule has 0 amide bonds. The lowest BCUT2D eigenvalue weighted by Crippen LogP contribution is -3.13. The largest absolute Gasteiger partial charge is 0.359 e. The molecule has 2 N–H and O–H groups in total. The summed E-state index contributed by atoms with van der Waals surface area (Å²) >= 11 is 8.04. The predicted octanol–water partition coefficient (Wildman–Crippen LogP) is 2.03. The molecule has 1 aliphatic carbocycles. The lowest BCUT2D eigenvalue weighted by Gasteiger charge is -2.33. The van der Waals surface area contributed by atoms with E-state index in [1.165, 1.54) is 15.3 Å². The van der Waals surface area contributed by atoms with Crippen molar-refractivity contribution in [3.05, 3.63) is 55.9 Å². The number of hydrogen-bond donors (Lipinski definition) is 2. The van der Waals surface area contributed by atoms with Crippen LogP contribution < -0.4 is 15.4 Å². The number of quaternary nitrogens is 1. The van der Waals surface area contributed by atoms with Gasteiger partial charge in [-0.25, -0.2) is 4.98 Å². The van der Waals surface area contributed by atoms with Gasteiger partial charge in [0.2, 0.25) is 0 Å². The summed E-state index contributed by atoms with van der Waals surface area (Å²) in [7, 11) is 0. The molecule has 27 heavy (non-hydrogen) atoms. The number of piperazine rings is 1. The molecule has 1 aromatic carbocycles. The summed E-state index contributed by atoms with van der Waals surface area (Å²) in [5.74, 6) is 0.814. The molecule has 2 aliphatic rings. The van der Waals surface area contributed by atoms with Crippen molar-refractivity contribution in [2.45, 2.75) is 25.8 Å². The monoisotopic (exact) mass is 401 g/mol. The second-order valence-corrected chi connectivity index (χ2v) is 8.91. The zero-order valence-electron chi connectivity index (χ0n) is 15.1. The van der Waals surface area contributed by atoms with Crippen LogP contribution in [-0.2, 0) is 19.4 Å². The zero-order chi connectivity index (χ0) is 18.4. The van der Waals surface area contributed by atoms with Crippen molar-refractivity contribution >= 4 is 38.8 Å². The van der Waals surface area contributed by atoms with Gasteiger partial charge in [-0.2, -0.15) is 0 Å². The first-order chi connectivity index (χ1) is 13.2. The molecule has 7 heteroatoms. The number of nitrogens with one attached hydrogen (secondary N) is 2. The van der Waals surface area contributed by atoms with E-state index in [1.54, 1.807) is 11.3 Å². The van der Waals surface area contributed by atoms with Gasteiger partial charge in [-0.3, -0.25) is 4.79 Å². The maximum Gasteiger partial charge on any atom is 0.260 e. The number of anilines is 1. The first-order valence-electron chi connectivity index (χ1n) is 9.55. The van der Waals surface area contributed by atoms with Crippen LogP contribution in [0.15, 0.2) is 29.1 Å². The Morgan fingerprint density at radius 2 is 2.04 bits per heavy atom. The summed E-state index contributed by atoms with van der Waals surface area (Å²) in [4.78, 5) is 26.5. The lowest BCUT2D eigenvalue weighted by molar-refractivity contribution is -0.915. The Morgan fingerprint density at radius 1 is 1.22 bits per heavy atom. The molecular weight excluding hydrogens is 380 g/mol. The second-order valence-electron chi connectivity index (χ2n) is 7.42. The number of aromatic amines is 1. The van der Waals surface area contributed by atoms with Crippen molar-refractivity contribution in [3.8, 4) is 0 Å². The number of H-pyrrole nitrogens is 1. The number of halogens is 1. The van der Waals surface area contributed by atoms with Crippen molar-refractivity contribution in [2.24, 2.45) is 0 Å². The van der Waals surface area contributed by atoms with E-state index in [2.05, 4.69) is 16.0 Å². The van der Waals surface area contributed by atoms with Gasteiger partial charge in [-0.1, -0.05) is 23.7 Å². The highest BCUT2D eigenvalue weighted by atomic mass is 35.5. The minimum Gasteiger partial charge on any atom is -0.359 e. The molecule has 0 saturated carbocycles. The normalized spacial score (nSPS) is 17.6. The van der Waals surface area contributed by atoms with Crippen LogP contribution in [0.2, 0.25) is 5.02 Å². The minimum absolute atomic E-state index is 0.0449. The number of thiophene rings is 1. The smallest absolute Gasteiger partial charge is 0.260 e. The maximum absolute atomic E-state index is 12.6. The number of aromatic nitrogens is 2. The summed E-state index contributed by atoms with van der Waals surface area (Å²) < 4.78 is 0. The summed E-state index contributed by atoms with van der Waals surface area (Å²) in [5, 5.41) is 1.65. The number of para-hydroxylation sites is 1. The molecule has 0 radical (unpaired) electrons. The maximum atomic E-state index is 12.6. The molecule has 3 heterocycles. The van der Waals surface area contributed by atoms with E-state index >= 15 is 0 Å². The molecule has 1 aliphatic heterocycles. The molecule has 3 aromatic rings. The lowest BCUT2D eigenvalue weighted by atomic mass is 10.2. The highest BCUT2D eigenvalue weighted by Crippen LogP contribution is 2.34. The van der Waals surface area contributed by atoms with E-state index in [9.17, 15) is 4.79 Å². The van der Waals surface area contributed by atoms with Crippen molar-refractivity contribution in [1.29, 1.82) is 0 Å². The van der Waals surface area contributed by atoms with Crippen molar-refractivity contribution in [3.63, 3.8) is 0 Å². The Hall–Kier alpha value is -1.89. The summed E-state index contributed by atoms with van der Waals surface area (Å²) in [6.07, 6.45) is 3.28.